The molecule has 43 heavy (non-hydrogen) atoms. The second kappa shape index (κ2) is 12.7. The van der Waals surface area contributed by atoms with Crippen LogP contribution < -0.4 is 20.3 Å². The van der Waals surface area contributed by atoms with Gasteiger partial charge in [0.1, 0.15) is 11.6 Å². The number of piperazine rings is 1. The van der Waals surface area contributed by atoms with Gasteiger partial charge in [0.05, 0.1) is 28.5 Å². The molecule has 11 heteroatoms. The highest BCUT2D eigenvalue weighted by Gasteiger charge is 2.29. The molecule has 0 atom stereocenters. The molecule has 2 aromatic carbocycles. The van der Waals surface area contributed by atoms with E-state index < -0.39 is 0 Å². The summed E-state index contributed by atoms with van der Waals surface area (Å²) in [6.07, 6.45) is 4.98. The first-order valence-electron chi connectivity index (χ1n) is 15.2. The monoisotopic (exact) mass is 648 g/mol. The van der Waals surface area contributed by atoms with E-state index in [1.165, 1.54) is 37.2 Å². The number of aryl methyl sites for hydroxylation is 1. The topological polar surface area (TPSA) is 89.1 Å². The molecular formula is C32H41BrN8O2. The maximum atomic E-state index is 12.8. The first kappa shape index (κ1) is 29.7. The van der Waals surface area contributed by atoms with Gasteiger partial charge in [-0.2, -0.15) is 4.98 Å². The van der Waals surface area contributed by atoms with Gasteiger partial charge in [-0.1, -0.05) is 19.1 Å². The minimum Gasteiger partial charge on any atom is -0.494 e. The second-order valence-corrected chi connectivity index (χ2v) is 12.6. The fraction of sp³-hybridized carbons (Fsp3) is 0.469. The van der Waals surface area contributed by atoms with E-state index in [4.69, 9.17) is 9.72 Å². The number of benzene rings is 2. The fourth-order valence-corrected chi connectivity index (χ4v) is 6.78. The quantitative estimate of drug-likeness (QED) is 0.346. The molecule has 3 aliphatic rings. The largest absolute Gasteiger partial charge is 0.494 e. The summed E-state index contributed by atoms with van der Waals surface area (Å²) in [4.78, 5) is 31.4. The number of hydrogen-bond acceptors (Lipinski definition) is 9. The average molecular weight is 650 g/mol. The number of rotatable bonds is 8. The molecule has 0 spiro atoms. The van der Waals surface area contributed by atoms with Crippen LogP contribution in [0.25, 0.3) is 0 Å². The molecule has 1 amide bonds. The lowest BCUT2D eigenvalue weighted by Crippen LogP contribution is -2.52. The number of carbonyl (C=O) groups excluding carboxylic acids is 1. The number of likely N-dealkylation sites (N-methyl/N-ethyl adjacent to an activating group) is 1. The zero-order valence-electron chi connectivity index (χ0n) is 25.5. The predicted octanol–water partition coefficient (Wildman–Crippen LogP) is 5.10. The third kappa shape index (κ3) is 6.16. The van der Waals surface area contributed by atoms with Crippen LogP contribution in [0.15, 0.2) is 41.0 Å². The van der Waals surface area contributed by atoms with E-state index in [1.54, 1.807) is 18.2 Å². The van der Waals surface area contributed by atoms with Gasteiger partial charge >= 0.3 is 0 Å². The standard InChI is InChI=1S/C32H41BrN8O2/c1-5-21-17-26(28(43-4)18-27(21)41-11-9-23(10-12-41)40-15-13-38(2)14-16-40)36-32-34-19-24(33)30(37-32)35-25-8-6-7-22-20-39(3)31(42)29(22)25/h6-8,17-19,23H,5,9-16,20H2,1-4H3,(H2,34,35,36,37). The van der Waals surface area contributed by atoms with Gasteiger partial charge in [0, 0.05) is 76.9 Å². The third-order valence-electron chi connectivity index (χ3n) is 9.00. The normalized spacial score (nSPS) is 18.2. The molecule has 0 saturated carbocycles. The van der Waals surface area contributed by atoms with Crippen LogP contribution in [-0.4, -0.2) is 97.1 Å². The van der Waals surface area contributed by atoms with Crippen LogP contribution in [0, 0.1) is 0 Å². The van der Waals surface area contributed by atoms with Crippen LogP contribution in [-0.2, 0) is 13.0 Å². The van der Waals surface area contributed by atoms with Gasteiger partial charge in [0.2, 0.25) is 5.95 Å². The Labute approximate surface area is 262 Å². The Morgan fingerprint density at radius 1 is 1.02 bits per heavy atom. The van der Waals surface area contributed by atoms with Crippen molar-refractivity contribution in [2.45, 2.75) is 38.8 Å². The van der Waals surface area contributed by atoms with Crippen molar-refractivity contribution in [1.82, 2.24) is 24.7 Å². The van der Waals surface area contributed by atoms with E-state index >= 15 is 0 Å². The number of ether oxygens (including phenoxy) is 1. The summed E-state index contributed by atoms with van der Waals surface area (Å²) >= 11 is 3.57. The Morgan fingerprint density at radius 3 is 2.51 bits per heavy atom. The van der Waals surface area contributed by atoms with E-state index in [-0.39, 0.29) is 5.91 Å². The van der Waals surface area contributed by atoms with Crippen molar-refractivity contribution in [3.05, 3.63) is 57.7 Å². The molecule has 1 aromatic heterocycles. The molecule has 3 aliphatic heterocycles. The van der Waals surface area contributed by atoms with E-state index in [9.17, 15) is 4.79 Å². The molecule has 6 rings (SSSR count). The van der Waals surface area contributed by atoms with Gasteiger partial charge in [-0.15, -0.1) is 0 Å². The smallest absolute Gasteiger partial charge is 0.256 e. The molecule has 0 unspecified atom stereocenters. The Kier molecular flexibility index (Phi) is 8.74. The molecular weight excluding hydrogens is 608 g/mol. The number of carbonyl (C=O) groups is 1. The number of nitrogens with zero attached hydrogens (tertiary/aromatic N) is 6. The van der Waals surface area contributed by atoms with E-state index in [2.05, 4.69) is 72.4 Å². The van der Waals surface area contributed by atoms with Crippen LogP contribution in [0.3, 0.4) is 0 Å². The summed E-state index contributed by atoms with van der Waals surface area (Å²) < 4.78 is 6.57. The van der Waals surface area contributed by atoms with E-state index in [1.807, 2.05) is 25.2 Å². The van der Waals surface area contributed by atoms with Crippen molar-refractivity contribution < 1.29 is 9.53 Å². The van der Waals surface area contributed by atoms with Gasteiger partial charge in [0.25, 0.3) is 5.91 Å². The summed E-state index contributed by atoms with van der Waals surface area (Å²) in [5, 5.41) is 6.74. The average Bonchev–Trinajstić information content (AvgIpc) is 3.32. The molecule has 10 nitrogen and oxygen atoms in total. The number of piperidine rings is 1. The minimum atomic E-state index is 0.00195. The number of nitrogens with one attached hydrogen (secondary N) is 2. The van der Waals surface area contributed by atoms with Crippen molar-refractivity contribution in [3.63, 3.8) is 0 Å². The van der Waals surface area contributed by atoms with Crippen LogP contribution >= 0.6 is 15.9 Å². The molecule has 0 radical (unpaired) electrons. The van der Waals surface area contributed by atoms with Gasteiger partial charge in [0.15, 0.2) is 0 Å². The molecule has 0 bridgehead atoms. The van der Waals surface area contributed by atoms with Gasteiger partial charge in [-0.05, 0) is 65.5 Å². The number of hydrogen-bond donors (Lipinski definition) is 2. The van der Waals surface area contributed by atoms with Crippen molar-refractivity contribution in [1.29, 1.82) is 0 Å². The van der Waals surface area contributed by atoms with Crippen LogP contribution in [0.4, 0.5) is 28.8 Å². The number of halogens is 1. The summed E-state index contributed by atoms with van der Waals surface area (Å²) in [6, 6.07) is 10.8. The Bertz CT molecular complexity index is 1480. The number of amides is 1. The highest BCUT2D eigenvalue weighted by Crippen LogP contribution is 2.38. The van der Waals surface area contributed by atoms with E-state index in [0.29, 0.717) is 34.4 Å². The molecule has 3 aromatic rings. The maximum Gasteiger partial charge on any atom is 0.256 e. The lowest BCUT2D eigenvalue weighted by atomic mass is 9.99. The Morgan fingerprint density at radius 2 is 1.79 bits per heavy atom. The number of fused-ring (bicyclic) bond motifs is 1. The Balaban J connectivity index is 1.19. The maximum absolute atomic E-state index is 12.8. The minimum absolute atomic E-state index is 0.00195. The number of methoxy groups -OCH3 is 1. The van der Waals surface area contributed by atoms with Gasteiger partial charge in [-0.3, -0.25) is 9.69 Å². The SMILES string of the molecule is CCc1cc(Nc2ncc(Br)c(Nc3cccc4c3C(=O)N(C)C4)n2)c(OC)cc1N1CCC(N2CCN(C)CC2)CC1. The highest BCUT2D eigenvalue weighted by molar-refractivity contribution is 9.10. The van der Waals surface area contributed by atoms with Crippen molar-refractivity contribution in [2.75, 3.05) is 76.0 Å². The van der Waals surface area contributed by atoms with Gasteiger partial charge in [-0.25, -0.2) is 4.98 Å². The third-order valence-corrected chi connectivity index (χ3v) is 9.58. The molecule has 2 saturated heterocycles. The number of anilines is 5. The van der Waals surface area contributed by atoms with Crippen LogP contribution in [0.2, 0.25) is 0 Å². The summed E-state index contributed by atoms with van der Waals surface area (Å²) in [7, 11) is 5.73. The van der Waals surface area contributed by atoms with Crippen LogP contribution in [0.1, 0.15) is 41.3 Å². The molecule has 4 heterocycles. The van der Waals surface area contributed by atoms with Crippen LogP contribution in [0.5, 0.6) is 5.75 Å². The summed E-state index contributed by atoms with van der Waals surface area (Å²) in [6.45, 7) is 9.57. The highest BCUT2D eigenvalue weighted by atomic mass is 79.9. The summed E-state index contributed by atoms with van der Waals surface area (Å²) in [5.74, 6) is 1.76. The molecule has 2 N–H and O–H groups in total. The van der Waals surface area contributed by atoms with Crippen molar-refractivity contribution >= 4 is 50.7 Å². The zero-order chi connectivity index (χ0) is 30.1. The molecule has 228 valence electrons. The van der Waals surface area contributed by atoms with E-state index in [0.717, 1.165) is 55.3 Å². The van der Waals surface area contributed by atoms with Crippen molar-refractivity contribution in [3.8, 4) is 5.75 Å². The number of aromatic nitrogens is 2. The second-order valence-electron chi connectivity index (χ2n) is 11.7. The first-order valence-corrected chi connectivity index (χ1v) is 16.0. The van der Waals surface area contributed by atoms with Crippen molar-refractivity contribution in [2.24, 2.45) is 0 Å². The molecule has 0 aliphatic carbocycles. The fourth-order valence-electron chi connectivity index (χ4n) is 6.49. The first-order chi connectivity index (χ1) is 20.8. The summed E-state index contributed by atoms with van der Waals surface area (Å²) in [5.41, 5.74) is 5.74. The zero-order valence-corrected chi connectivity index (χ0v) is 27.1. The lowest BCUT2D eigenvalue weighted by Gasteiger charge is -2.43. The predicted molar refractivity (Wildman–Crippen MR) is 175 cm³/mol. The van der Waals surface area contributed by atoms with Gasteiger partial charge < -0.3 is 30.1 Å². The lowest BCUT2D eigenvalue weighted by molar-refractivity contribution is 0.0817. The Hall–Kier alpha value is -3.41. The molecule has 2 fully saturated rings.